The number of fused-ring (bicyclic) bond motifs is 1. The molecule has 0 saturated carbocycles. The van der Waals surface area contributed by atoms with E-state index in [1.54, 1.807) is 0 Å². The lowest BCUT2D eigenvalue weighted by molar-refractivity contribution is -0.136. The van der Waals surface area contributed by atoms with Crippen molar-refractivity contribution in [3.63, 3.8) is 0 Å². The number of piperidine rings is 1. The highest BCUT2D eigenvalue weighted by molar-refractivity contribution is 6.32. The van der Waals surface area contributed by atoms with Crippen LogP contribution in [-0.2, 0) is 16.1 Å². The van der Waals surface area contributed by atoms with Gasteiger partial charge in [-0.15, -0.1) is 0 Å². The van der Waals surface area contributed by atoms with Crippen molar-refractivity contribution in [1.82, 2.24) is 10.2 Å². The molecule has 2 aliphatic rings. The van der Waals surface area contributed by atoms with Crippen LogP contribution in [0.15, 0.2) is 12.1 Å². The smallest absolute Gasteiger partial charge is 0.255 e. The molecular weight excluding hydrogens is 287 g/mol. The van der Waals surface area contributed by atoms with Gasteiger partial charge in [-0.25, -0.2) is 4.39 Å². The molecule has 0 radical (unpaired) electrons. The zero-order valence-corrected chi connectivity index (χ0v) is 11.0. The lowest BCUT2D eigenvalue weighted by Crippen LogP contribution is -2.52. The average Bonchev–Trinajstić information content (AvgIpc) is 2.68. The van der Waals surface area contributed by atoms with Crippen LogP contribution in [0, 0.1) is 5.82 Å². The number of hydrogen-bond acceptors (Lipinski definition) is 3. The van der Waals surface area contributed by atoms with Crippen molar-refractivity contribution in [3.05, 3.63) is 34.1 Å². The van der Waals surface area contributed by atoms with E-state index in [1.807, 2.05) is 0 Å². The highest BCUT2D eigenvalue weighted by atomic mass is 35.5. The van der Waals surface area contributed by atoms with E-state index in [9.17, 15) is 18.8 Å². The maximum absolute atomic E-state index is 13.3. The summed E-state index contributed by atoms with van der Waals surface area (Å²) in [5, 5.41) is 2.37. The first kappa shape index (κ1) is 13.1. The summed E-state index contributed by atoms with van der Waals surface area (Å²) in [6.07, 6.45) is 0.448. The van der Waals surface area contributed by atoms with E-state index in [0.29, 0.717) is 5.56 Å². The molecule has 1 atom stereocenters. The third-order valence-electron chi connectivity index (χ3n) is 3.57. The van der Waals surface area contributed by atoms with Gasteiger partial charge >= 0.3 is 0 Å². The third kappa shape index (κ3) is 1.96. The number of carbonyl (C=O) groups is 3. The number of benzene rings is 1. The molecule has 1 aromatic carbocycles. The van der Waals surface area contributed by atoms with E-state index < -0.39 is 23.7 Å². The fourth-order valence-corrected chi connectivity index (χ4v) is 2.85. The molecule has 1 unspecified atom stereocenters. The summed E-state index contributed by atoms with van der Waals surface area (Å²) < 4.78 is 13.3. The first-order valence-corrected chi connectivity index (χ1v) is 6.48. The molecule has 0 bridgehead atoms. The van der Waals surface area contributed by atoms with E-state index in [4.69, 9.17) is 11.6 Å². The van der Waals surface area contributed by atoms with Gasteiger partial charge in [-0.1, -0.05) is 11.6 Å². The van der Waals surface area contributed by atoms with Crippen LogP contribution in [0.5, 0.6) is 0 Å². The van der Waals surface area contributed by atoms with Gasteiger partial charge in [0, 0.05) is 29.1 Å². The molecular formula is C13H10ClFN2O3. The lowest BCUT2D eigenvalue weighted by atomic mass is 10.0. The van der Waals surface area contributed by atoms with Crippen LogP contribution in [-0.4, -0.2) is 28.7 Å². The Bertz CT molecular complexity index is 647. The number of nitrogens with one attached hydrogen (secondary N) is 1. The SMILES string of the molecule is O=C1CCC(N2Cc3c(Cl)cc(F)cc3C2=O)C(=O)N1. The van der Waals surface area contributed by atoms with Gasteiger partial charge in [-0.3, -0.25) is 19.7 Å². The van der Waals surface area contributed by atoms with Crippen molar-refractivity contribution >= 4 is 29.3 Å². The van der Waals surface area contributed by atoms with Gasteiger partial charge in [0.15, 0.2) is 0 Å². The molecule has 2 heterocycles. The van der Waals surface area contributed by atoms with E-state index >= 15 is 0 Å². The van der Waals surface area contributed by atoms with Crippen LogP contribution < -0.4 is 5.32 Å². The van der Waals surface area contributed by atoms with Crippen molar-refractivity contribution < 1.29 is 18.8 Å². The van der Waals surface area contributed by atoms with Crippen LogP contribution in [0.4, 0.5) is 4.39 Å². The van der Waals surface area contributed by atoms with Crippen LogP contribution in [0.1, 0.15) is 28.8 Å². The highest BCUT2D eigenvalue weighted by Crippen LogP contribution is 2.32. The predicted octanol–water partition coefficient (Wildman–Crippen LogP) is 1.24. The Morgan fingerprint density at radius 1 is 1.30 bits per heavy atom. The second-order valence-corrected chi connectivity index (χ2v) is 5.22. The zero-order chi connectivity index (χ0) is 14.4. The number of nitrogens with zero attached hydrogens (tertiary/aromatic N) is 1. The Balaban J connectivity index is 1.92. The van der Waals surface area contributed by atoms with Gasteiger partial charge < -0.3 is 4.90 Å². The first-order valence-electron chi connectivity index (χ1n) is 6.10. The number of imide groups is 1. The second kappa shape index (κ2) is 4.56. The Hall–Kier alpha value is -1.95. The summed E-state index contributed by atoms with van der Waals surface area (Å²) in [7, 11) is 0. The minimum atomic E-state index is -0.716. The summed E-state index contributed by atoms with van der Waals surface area (Å²) in [4.78, 5) is 36.5. The number of rotatable bonds is 1. The fraction of sp³-hybridized carbons (Fsp3) is 0.308. The Morgan fingerprint density at radius 3 is 2.75 bits per heavy atom. The van der Waals surface area contributed by atoms with Gasteiger partial charge in [-0.05, 0) is 18.6 Å². The number of halogens is 2. The predicted molar refractivity (Wildman–Crippen MR) is 67.5 cm³/mol. The standard InChI is InChI=1S/C13H10ClFN2O3/c14-9-4-6(15)3-7-8(9)5-17(13(7)20)10-1-2-11(18)16-12(10)19/h3-4,10H,1-2,5H2,(H,16,18,19). The Morgan fingerprint density at radius 2 is 2.05 bits per heavy atom. The molecule has 3 rings (SSSR count). The number of amides is 3. The normalized spacial score (nSPS) is 22.0. The largest absolute Gasteiger partial charge is 0.322 e. The quantitative estimate of drug-likeness (QED) is 0.793. The summed E-state index contributed by atoms with van der Waals surface area (Å²) in [6, 6.07) is 1.54. The average molecular weight is 297 g/mol. The van der Waals surface area contributed by atoms with Crippen LogP contribution in [0.2, 0.25) is 5.02 Å². The summed E-state index contributed by atoms with van der Waals surface area (Å²) in [5.41, 5.74) is 0.697. The minimum absolute atomic E-state index is 0.152. The van der Waals surface area contributed by atoms with Gasteiger partial charge in [-0.2, -0.15) is 0 Å². The summed E-state index contributed by atoms with van der Waals surface area (Å²) in [5.74, 6) is -1.87. The molecule has 104 valence electrons. The number of carbonyl (C=O) groups excluding carboxylic acids is 3. The zero-order valence-electron chi connectivity index (χ0n) is 10.3. The third-order valence-corrected chi connectivity index (χ3v) is 3.90. The van der Waals surface area contributed by atoms with Crippen LogP contribution in [0.25, 0.3) is 0 Å². The van der Waals surface area contributed by atoms with Crippen molar-refractivity contribution in [2.24, 2.45) is 0 Å². The van der Waals surface area contributed by atoms with Crippen molar-refractivity contribution in [2.45, 2.75) is 25.4 Å². The minimum Gasteiger partial charge on any atom is -0.322 e. The van der Waals surface area contributed by atoms with Crippen LogP contribution >= 0.6 is 11.6 Å². The van der Waals surface area contributed by atoms with E-state index in [0.717, 1.165) is 12.1 Å². The molecule has 1 fully saturated rings. The van der Waals surface area contributed by atoms with E-state index in [1.165, 1.54) is 4.90 Å². The molecule has 1 aromatic rings. The molecule has 5 nitrogen and oxygen atoms in total. The summed E-state index contributed by atoms with van der Waals surface area (Å²) >= 11 is 5.93. The maximum atomic E-state index is 13.3. The first-order chi connectivity index (χ1) is 9.47. The topological polar surface area (TPSA) is 66.5 Å². The lowest BCUT2D eigenvalue weighted by Gasteiger charge is -2.29. The number of hydrogen-bond donors (Lipinski definition) is 1. The molecule has 2 aliphatic heterocycles. The van der Waals surface area contributed by atoms with E-state index in [2.05, 4.69) is 5.32 Å². The fourth-order valence-electron chi connectivity index (χ4n) is 2.58. The summed E-state index contributed by atoms with van der Waals surface area (Å²) in [6.45, 7) is 0.152. The van der Waals surface area contributed by atoms with Gasteiger partial charge in [0.1, 0.15) is 11.9 Å². The molecule has 0 aliphatic carbocycles. The molecule has 7 heteroatoms. The second-order valence-electron chi connectivity index (χ2n) is 4.81. The molecule has 1 N–H and O–H groups in total. The van der Waals surface area contributed by atoms with Crippen molar-refractivity contribution in [2.75, 3.05) is 0 Å². The van der Waals surface area contributed by atoms with Gasteiger partial charge in [0.05, 0.1) is 0 Å². The Labute approximate surface area is 118 Å². The molecule has 1 saturated heterocycles. The van der Waals surface area contributed by atoms with Crippen molar-refractivity contribution in [1.29, 1.82) is 0 Å². The van der Waals surface area contributed by atoms with Crippen molar-refractivity contribution in [3.8, 4) is 0 Å². The molecule has 0 aromatic heterocycles. The molecule has 3 amide bonds. The van der Waals surface area contributed by atoms with Gasteiger partial charge in [0.2, 0.25) is 11.8 Å². The maximum Gasteiger partial charge on any atom is 0.255 e. The Kier molecular flexibility index (Phi) is 2.97. The molecule has 0 spiro atoms. The van der Waals surface area contributed by atoms with Gasteiger partial charge in [0.25, 0.3) is 5.91 Å². The van der Waals surface area contributed by atoms with Crippen LogP contribution in [0.3, 0.4) is 0 Å². The highest BCUT2D eigenvalue weighted by Gasteiger charge is 2.40. The van der Waals surface area contributed by atoms with E-state index in [-0.39, 0.29) is 35.9 Å². The monoisotopic (exact) mass is 296 g/mol. The molecule has 20 heavy (non-hydrogen) atoms.